The van der Waals surface area contributed by atoms with Gasteiger partial charge >= 0.3 is 0 Å². The normalized spacial score (nSPS) is 15.0. The van der Waals surface area contributed by atoms with Crippen LogP contribution in [0, 0.1) is 16.0 Å². The molecule has 0 saturated carbocycles. The molecule has 0 aromatic heterocycles. The molecule has 22 heavy (non-hydrogen) atoms. The summed E-state index contributed by atoms with van der Waals surface area (Å²) in [6.07, 6.45) is 0. The molecule has 1 heterocycles. The van der Waals surface area contributed by atoms with Gasteiger partial charge < -0.3 is 15.0 Å². The number of nitrogens with zero attached hydrogens (tertiary/aromatic N) is 2. The van der Waals surface area contributed by atoms with Crippen LogP contribution < -0.4 is 10.2 Å². The van der Waals surface area contributed by atoms with Crippen LogP contribution in [0.15, 0.2) is 18.2 Å². The zero-order valence-corrected chi connectivity index (χ0v) is 12.9. The maximum Gasteiger partial charge on any atom is 0.282 e. The Kier molecular flexibility index (Phi) is 5.32. The molecule has 1 aromatic rings. The van der Waals surface area contributed by atoms with Gasteiger partial charge in [0, 0.05) is 31.4 Å². The molecule has 1 N–H and O–H groups in total. The summed E-state index contributed by atoms with van der Waals surface area (Å²) in [5.41, 5.74) is 0.747. The lowest BCUT2D eigenvalue weighted by Crippen LogP contribution is -2.36. The molecule has 1 aliphatic heterocycles. The van der Waals surface area contributed by atoms with E-state index in [0.29, 0.717) is 32.8 Å². The largest absolute Gasteiger partial charge is 0.378 e. The summed E-state index contributed by atoms with van der Waals surface area (Å²) in [6, 6.07) is 4.68. The number of hydrogen-bond acceptors (Lipinski definition) is 5. The number of carbonyl (C=O) groups is 1. The van der Waals surface area contributed by atoms with Crippen molar-refractivity contribution in [2.75, 3.05) is 37.7 Å². The van der Waals surface area contributed by atoms with Crippen molar-refractivity contribution < 1.29 is 14.5 Å². The Morgan fingerprint density at radius 1 is 1.41 bits per heavy atom. The molecule has 1 saturated heterocycles. The molecular formula is C15H21N3O4. The first kappa shape index (κ1) is 16.2. The monoisotopic (exact) mass is 307 g/mol. The van der Waals surface area contributed by atoms with Crippen LogP contribution in [-0.2, 0) is 4.74 Å². The Hall–Kier alpha value is -2.15. The predicted octanol–water partition coefficient (Wildman–Crippen LogP) is 1.82. The summed E-state index contributed by atoms with van der Waals surface area (Å²) in [6.45, 7) is 7.09. The number of morpholine rings is 1. The lowest BCUT2D eigenvalue weighted by Gasteiger charge is -2.29. The van der Waals surface area contributed by atoms with Crippen LogP contribution >= 0.6 is 0 Å². The van der Waals surface area contributed by atoms with E-state index in [9.17, 15) is 14.9 Å². The molecule has 7 nitrogen and oxygen atoms in total. The Bertz CT molecular complexity index is 554. The average Bonchev–Trinajstić information content (AvgIpc) is 2.52. The Labute approximate surface area is 129 Å². The van der Waals surface area contributed by atoms with Crippen LogP contribution in [0.1, 0.15) is 24.2 Å². The van der Waals surface area contributed by atoms with Gasteiger partial charge in [-0.2, -0.15) is 0 Å². The highest BCUT2D eigenvalue weighted by Gasteiger charge is 2.22. The number of benzene rings is 1. The van der Waals surface area contributed by atoms with E-state index in [1.54, 1.807) is 12.1 Å². The quantitative estimate of drug-likeness (QED) is 0.662. The van der Waals surface area contributed by atoms with Crippen LogP contribution in [0.5, 0.6) is 0 Å². The van der Waals surface area contributed by atoms with Gasteiger partial charge in [-0.3, -0.25) is 14.9 Å². The third kappa shape index (κ3) is 3.94. The number of hydrogen-bond donors (Lipinski definition) is 1. The van der Waals surface area contributed by atoms with E-state index in [4.69, 9.17) is 4.74 Å². The van der Waals surface area contributed by atoms with Crippen LogP contribution in [0.3, 0.4) is 0 Å². The van der Waals surface area contributed by atoms with Gasteiger partial charge in [-0.1, -0.05) is 13.8 Å². The van der Waals surface area contributed by atoms with Crippen LogP contribution in [-0.4, -0.2) is 43.7 Å². The summed E-state index contributed by atoms with van der Waals surface area (Å²) < 4.78 is 5.30. The first-order valence-corrected chi connectivity index (χ1v) is 7.38. The highest BCUT2D eigenvalue weighted by Crippen LogP contribution is 2.25. The van der Waals surface area contributed by atoms with Crippen molar-refractivity contribution in [1.29, 1.82) is 0 Å². The summed E-state index contributed by atoms with van der Waals surface area (Å²) in [5.74, 6) is -0.124. The molecule has 0 spiro atoms. The molecule has 0 unspecified atom stereocenters. The van der Waals surface area contributed by atoms with E-state index in [2.05, 4.69) is 10.2 Å². The van der Waals surface area contributed by atoms with Gasteiger partial charge in [-0.15, -0.1) is 0 Å². The van der Waals surface area contributed by atoms with Crippen LogP contribution in [0.2, 0.25) is 0 Å². The summed E-state index contributed by atoms with van der Waals surface area (Å²) >= 11 is 0. The van der Waals surface area contributed by atoms with Crippen molar-refractivity contribution >= 4 is 17.3 Å². The minimum Gasteiger partial charge on any atom is -0.378 e. The minimum atomic E-state index is -0.520. The predicted molar refractivity (Wildman–Crippen MR) is 83.3 cm³/mol. The van der Waals surface area contributed by atoms with Crippen molar-refractivity contribution in [3.05, 3.63) is 33.9 Å². The molecule has 2 rings (SSSR count). The maximum atomic E-state index is 12.3. The molecule has 0 aliphatic carbocycles. The van der Waals surface area contributed by atoms with E-state index < -0.39 is 10.8 Å². The van der Waals surface area contributed by atoms with E-state index in [0.717, 1.165) is 5.69 Å². The number of nitro benzene ring substituents is 1. The molecular weight excluding hydrogens is 286 g/mol. The fourth-order valence-electron chi connectivity index (χ4n) is 2.28. The Morgan fingerprint density at radius 3 is 2.68 bits per heavy atom. The SMILES string of the molecule is CC(C)CNC(=O)c1cc(N2CCOCC2)ccc1[N+](=O)[O-]. The lowest BCUT2D eigenvalue weighted by molar-refractivity contribution is -0.385. The second-order valence-electron chi connectivity index (χ2n) is 5.66. The smallest absolute Gasteiger partial charge is 0.282 e. The summed E-state index contributed by atoms with van der Waals surface area (Å²) in [5, 5.41) is 13.9. The summed E-state index contributed by atoms with van der Waals surface area (Å²) in [7, 11) is 0. The average molecular weight is 307 g/mol. The van der Waals surface area contributed by atoms with Gasteiger partial charge in [0.05, 0.1) is 18.1 Å². The second kappa shape index (κ2) is 7.22. The number of amides is 1. The van der Waals surface area contributed by atoms with Crippen molar-refractivity contribution in [1.82, 2.24) is 5.32 Å². The zero-order chi connectivity index (χ0) is 16.1. The third-order valence-electron chi connectivity index (χ3n) is 3.47. The third-order valence-corrected chi connectivity index (χ3v) is 3.47. The molecule has 7 heteroatoms. The van der Waals surface area contributed by atoms with Gasteiger partial charge in [-0.05, 0) is 18.1 Å². The van der Waals surface area contributed by atoms with Crippen molar-refractivity contribution in [3.63, 3.8) is 0 Å². The van der Waals surface area contributed by atoms with E-state index >= 15 is 0 Å². The lowest BCUT2D eigenvalue weighted by atomic mass is 10.1. The topological polar surface area (TPSA) is 84.7 Å². The Balaban J connectivity index is 2.26. The molecule has 1 aromatic carbocycles. The maximum absolute atomic E-state index is 12.3. The number of ether oxygens (including phenoxy) is 1. The van der Waals surface area contributed by atoms with Gasteiger partial charge in [-0.25, -0.2) is 0 Å². The standard InChI is InChI=1S/C15H21N3O4/c1-11(2)10-16-15(19)13-9-12(3-4-14(13)18(20)21)17-5-7-22-8-6-17/h3-4,9,11H,5-8,10H2,1-2H3,(H,16,19). The molecule has 1 aliphatic rings. The summed E-state index contributed by atoms with van der Waals surface area (Å²) in [4.78, 5) is 24.9. The molecule has 0 bridgehead atoms. The second-order valence-corrected chi connectivity index (χ2v) is 5.66. The fraction of sp³-hybridized carbons (Fsp3) is 0.533. The van der Waals surface area contributed by atoms with E-state index in [1.165, 1.54) is 6.07 Å². The highest BCUT2D eigenvalue weighted by molar-refractivity contribution is 5.99. The number of nitrogens with one attached hydrogen (secondary N) is 1. The number of nitro groups is 1. The fourth-order valence-corrected chi connectivity index (χ4v) is 2.28. The first-order valence-electron chi connectivity index (χ1n) is 7.38. The number of carbonyl (C=O) groups excluding carboxylic acids is 1. The molecule has 0 radical (unpaired) electrons. The molecule has 1 fully saturated rings. The van der Waals surface area contributed by atoms with Crippen molar-refractivity contribution in [2.24, 2.45) is 5.92 Å². The van der Waals surface area contributed by atoms with Crippen LogP contribution in [0.4, 0.5) is 11.4 Å². The van der Waals surface area contributed by atoms with Gasteiger partial charge in [0.25, 0.3) is 11.6 Å². The molecule has 0 atom stereocenters. The Morgan fingerprint density at radius 2 is 2.09 bits per heavy atom. The van der Waals surface area contributed by atoms with Gasteiger partial charge in [0.1, 0.15) is 5.56 Å². The van der Waals surface area contributed by atoms with Crippen molar-refractivity contribution in [3.8, 4) is 0 Å². The van der Waals surface area contributed by atoms with Crippen molar-refractivity contribution in [2.45, 2.75) is 13.8 Å². The molecule has 120 valence electrons. The molecule has 1 amide bonds. The highest BCUT2D eigenvalue weighted by atomic mass is 16.6. The van der Waals surface area contributed by atoms with E-state index in [-0.39, 0.29) is 17.2 Å². The number of rotatable bonds is 5. The first-order chi connectivity index (χ1) is 10.5. The minimum absolute atomic E-state index is 0.106. The van der Waals surface area contributed by atoms with Crippen LogP contribution in [0.25, 0.3) is 0 Å². The number of anilines is 1. The van der Waals surface area contributed by atoms with Gasteiger partial charge in [0.2, 0.25) is 0 Å². The van der Waals surface area contributed by atoms with E-state index in [1.807, 2.05) is 13.8 Å². The zero-order valence-electron chi connectivity index (χ0n) is 12.9. The van der Waals surface area contributed by atoms with Gasteiger partial charge in [0.15, 0.2) is 0 Å².